The average molecular weight is 642 g/mol. The van der Waals surface area contributed by atoms with Crippen LogP contribution < -0.4 is 16.0 Å². The maximum atomic E-state index is 13.5. The molecule has 0 bridgehead atoms. The molecule has 0 spiro atoms. The highest BCUT2D eigenvalue weighted by molar-refractivity contribution is 5.86. The molecule has 0 heterocycles. The van der Waals surface area contributed by atoms with Gasteiger partial charge in [0.2, 0.25) is 11.8 Å². The molecule has 3 rings (SSSR count). The maximum absolute atomic E-state index is 13.5. The number of alkyl carbamates (subject to hydrolysis) is 1. The molecule has 4 atom stereocenters. The zero-order valence-corrected chi connectivity index (χ0v) is 26.4. The summed E-state index contributed by atoms with van der Waals surface area (Å²) >= 11 is 0. The van der Waals surface area contributed by atoms with E-state index in [2.05, 4.69) is 29.1 Å². The minimum absolute atomic E-state index is 0.0300. The molecular weight excluding hydrogens is 598 g/mol. The molecule has 47 heavy (non-hydrogen) atoms. The smallest absolute Gasteiger partial charge is 0.408 e. The second-order valence-electron chi connectivity index (χ2n) is 10.9. The molecule has 0 aromatic heterocycles. The van der Waals surface area contributed by atoms with E-state index in [1.807, 2.05) is 66.7 Å². The molecule has 0 fully saturated rings. The number of hydrogen-bond acceptors (Lipinski definition) is 7. The van der Waals surface area contributed by atoms with Crippen molar-refractivity contribution in [3.8, 4) is 0 Å². The number of aliphatic hydroxyl groups excluding tert-OH is 1. The van der Waals surface area contributed by atoms with Crippen LogP contribution in [0.1, 0.15) is 42.0 Å². The van der Waals surface area contributed by atoms with Gasteiger partial charge in [0.1, 0.15) is 19.3 Å². The summed E-state index contributed by atoms with van der Waals surface area (Å²) in [5.74, 6) is -2.31. The van der Waals surface area contributed by atoms with Gasteiger partial charge in [-0.2, -0.15) is 0 Å². The van der Waals surface area contributed by atoms with Gasteiger partial charge >= 0.3 is 12.1 Å². The predicted molar refractivity (Wildman–Crippen MR) is 179 cm³/mol. The molecule has 248 valence electrons. The lowest BCUT2D eigenvalue weighted by Gasteiger charge is -2.24. The first-order valence-electron chi connectivity index (χ1n) is 15.5. The minimum atomic E-state index is -1.06. The van der Waals surface area contributed by atoms with Crippen molar-refractivity contribution in [1.29, 1.82) is 0 Å². The highest BCUT2D eigenvalue weighted by atomic mass is 16.6. The fraction of sp³-hybridized carbons (Fsp3) is 0.297. The van der Waals surface area contributed by atoms with Crippen LogP contribution >= 0.6 is 0 Å². The van der Waals surface area contributed by atoms with Crippen molar-refractivity contribution in [3.63, 3.8) is 0 Å². The summed E-state index contributed by atoms with van der Waals surface area (Å²) < 4.78 is 10.8. The topological polar surface area (TPSA) is 143 Å². The number of esters is 1. The van der Waals surface area contributed by atoms with Gasteiger partial charge in [0.05, 0.1) is 24.6 Å². The van der Waals surface area contributed by atoms with Gasteiger partial charge in [-0.3, -0.25) is 9.59 Å². The van der Waals surface area contributed by atoms with E-state index >= 15 is 0 Å². The maximum Gasteiger partial charge on any atom is 0.408 e. The van der Waals surface area contributed by atoms with Crippen molar-refractivity contribution in [3.05, 3.63) is 133 Å². The molecule has 3 aromatic rings. The van der Waals surface area contributed by atoms with Crippen LogP contribution in [0.15, 0.2) is 116 Å². The van der Waals surface area contributed by atoms with Crippen molar-refractivity contribution in [1.82, 2.24) is 16.0 Å². The van der Waals surface area contributed by atoms with Crippen LogP contribution in [0, 0.1) is 5.92 Å². The van der Waals surface area contributed by atoms with Gasteiger partial charge in [-0.1, -0.05) is 103 Å². The van der Waals surface area contributed by atoms with E-state index in [1.165, 1.54) is 6.08 Å². The monoisotopic (exact) mass is 641 g/mol. The van der Waals surface area contributed by atoms with Crippen LogP contribution in [0.2, 0.25) is 0 Å². The minimum Gasteiger partial charge on any atom is -0.462 e. The van der Waals surface area contributed by atoms with Crippen molar-refractivity contribution in [2.45, 2.75) is 50.4 Å². The number of rotatable bonds is 19. The summed E-state index contributed by atoms with van der Waals surface area (Å²) in [4.78, 5) is 51.9. The first-order valence-corrected chi connectivity index (χ1v) is 15.5. The molecule has 0 aliphatic carbocycles. The summed E-state index contributed by atoms with van der Waals surface area (Å²) in [6.07, 6.45) is 2.87. The van der Waals surface area contributed by atoms with Crippen LogP contribution in [0.3, 0.4) is 0 Å². The van der Waals surface area contributed by atoms with E-state index < -0.39 is 42.0 Å². The van der Waals surface area contributed by atoms with Gasteiger partial charge in [0.15, 0.2) is 0 Å². The summed E-state index contributed by atoms with van der Waals surface area (Å²) in [7, 11) is 0. The summed E-state index contributed by atoms with van der Waals surface area (Å²) in [6, 6.07) is 25.2. The molecule has 0 aliphatic heterocycles. The Morgan fingerprint density at radius 3 is 1.94 bits per heavy atom. The largest absolute Gasteiger partial charge is 0.462 e. The van der Waals surface area contributed by atoms with E-state index in [9.17, 15) is 24.3 Å². The number of amides is 3. The Labute approximate surface area is 275 Å². The Morgan fingerprint density at radius 1 is 0.745 bits per heavy atom. The molecular formula is C37H43N3O7. The third kappa shape index (κ3) is 13.0. The van der Waals surface area contributed by atoms with Crippen molar-refractivity contribution in [2.24, 2.45) is 5.92 Å². The van der Waals surface area contributed by atoms with E-state index in [4.69, 9.17) is 9.47 Å². The number of nitrogens with one attached hydrogen (secondary N) is 3. The molecule has 10 heteroatoms. The average Bonchev–Trinajstić information content (AvgIpc) is 3.09. The van der Waals surface area contributed by atoms with Crippen molar-refractivity contribution >= 4 is 23.9 Å². The Balaban J connectivity index is 1.62. The summed E-state index contributed by atoms with van der Waals surface area (Å²) in [5, 5.41) is 18.1. The second-order valence-corrected chi connectivity index (χ2v) is 10.9. The van der Waals surface area contributed by atoms with E-state index in [0.29, 0.717) is 12.0 Å². The molecule has 4 N–H and O–H groups in total. The Hall–Kier alpha value is -5.22. The van der Waals surface area contributed by atoms with Crippen molar-refractivity contribution < 1.29 is 33.8 Å². The molecule has 0 aliphatic rings. The summed E-state index contributed by atoms with van der Waals surface area (Å²) in [6.45, 7) is 6.93. The Bertz CT molecular complexity index is 1430. The standard InChI is InChI=1S/C37H43N3O7/c1-3-14-30(23-34(42)38-31(24-41)22-27-16-8-5-9-17-27)35(43)39-33(29-20-12-7-13-21-29)26-46-36(44)32(15-4-2)40-37(45)47-25-28-18-10-6-11-19-28/h3-13,16-21,30-33,41H,1-2,14-15,22-26H2,(H,38,42)(H,39,43)(H,40,45)/t30-,31+,32+,33+/m0/s1. The van der Waals surface area contributed by atoms with Gasteiger partial charge in [-0.25, -0.2) is 9.59 Å². The third-order valence-electron chi connectivity index (χ3n) is 7.27. The van der Waals surface area contributed by atoms with E-state index in [-0.39, 0.29) is 45.0 Å². The number of aliphatic hydroxyl groups is 1. The van der Waals surface area contributed by atoms with Crippen molar-refractivity contribution in [2.75, 3.05) is 13.2 Å². The number of hydrogen-bond donors (Lipinski definition) is 4. The number of ether oxygens (including phenoxy) is 2. The van der Waals surface area contributed by atoms with E-state index in [1.54, 1.807) is 30.3 Å². The molecule has 0 saturated heterocycles. The molecule has 10 nitrogen and oxygen atoms in total. The fourth-order valence-corrected chi connectivity index (χ4v) is 4.80. The van der Waals surface area contributed by atoms with Crippen LogP contribution in [0.4, 0.5) is 4.79 Å². The van der Waals surface area contributed by atoms with Gasteiger partial charge in [0, 0.05) is 6.42 Å². The quantitative estimate of drug-likeness (QED) is 0.111. The van der Waals surface area contributed by atoms with Crippen LogP contribution in [-0.4, -0.2) is 54.3 Å². The van der Waals surface area contributed by atoms with Crippen LogP contribution in [-0.2, 0) is 36.9 Å². The summed E-state index contributed by atoms with van der Waals surface area (Å²) in [5.41, 5.74) is 2.43. The molecule has 0 radical (unpaired) electrons. The number of allylic oxidation sites excluding steroid dienone is 1. The Kier molecular flexibility index (Phi) is 15.4. The van der Waals surface area contributed by atoms with Crippen LogP contribution in [0.25, 0.3) is 0 Å². The normalized spacial score (nSPS) is 13.1. The SMILES string of the molecule is C=CC[C@@H](CC(=O)N[C@@H](CO)Cc1ccccc1)C(=O)N[C@H](COC(=O)[C@@H](CC=C)NC(=O)OCc1ccccc1)c1ccccc1. The van der Waals surface area contributed by atoms with Gasteiger partial charge in [-0.05, 0) is 36.0 Å². The molecule has 0 unspecified atom stereocenters. The lowest BCUT2D eigenvalue weighted by atomic mass is 9.97. The second kappa shape index (κ2) is 20.0. The zero-order chi connectivity index (χ0) is 33.9. The predicted octanol–water partition coefficient (Wildman–Crippen LogP) is 4.56. The number of carbonyl (C=O) groups excluding carboxylic acids is 4. The van der Waals surface area contributed by atoms with Gasteiger partial charge < -0.3 is 30.5 Å². The fourth-order valence-electron chi connectivity index (χ4n) is 4.80. The third-order valence-corrected chi connectivity index (χ3v) is 7.27. The highest BCUT2D eigenvalue weighted by Crippen LogP contribution is 2.18. The van der Waals surface area contributed by atoms with Gasteiger partial charge in [-0.15, -0.1) is 13.2 Å². The lowest BCUT2D eigenvalue weighted by Crippen LogP contribution is -2.44. The molecule has 3 amide bonds. The van der Waals surface area contributed by atoms with Crippen LogP contribution in [0.5, 0.6) is 0 Å². The van der Waals surface area contributed by atoms with E-state index in [0.717, 1.165) is 11.1 Å². The first kappa shape index (κ1) is 36.3. The molecule has 3 aromatic carbocycles. The highest BCUT2D eigenvalue weighted by Gasteiger charge is 2.27. The van der Waals surface area contributed by atoms with Gasteiger partial charge in [0.25, 0.3) is 0 Å². The Morgan fingerprint density at radius 2 is 1.34 bits per heavy atom. The molecule has 0 saturated carbocycles. The lowest BCUT2D eigenvalue weighted by molar-refractivity contribution is -0.147. The number of benzene rings is 3. The first-order chi connectivity index (χ1) is 22.8. The number of carbonyl (C=O) groups is 4. The zero-order valence-electron chi connectivity index (χ0n) is 26.4.